The molecule has 1 aliphatic carbocycles. The van der Waals surface area contributed by atoms with Gasteiger partial charge < -0.3 is 9.64 Å². The highest BCUT2D eigenvalue weighted by atomic mass is 16.5. The molecule has 0 spiro atoms. The molecule has 4 heteroatoms. The average molecular weight is 491 g/mol. The van der Waals surface area contributed by atoms with E-state index in [1.807, 2.05) is 6.92 Å². The van der Waals surface area contributed by atoms with Gasteiger partial charge in [0.1, 0.15) is 0 Å². The monoisotopic (exact) mass is 490 g/mol. The Morgan fingerprint density at radius 1 is 0.829 bits per heavy atom. The smallest absolute Gasteiger partial charge is 0.310 e. The van der Waals surface area contributed by atoms with Crippen LogP contribution >= 0.6 is 0 Å². The van der Waals surface area contributed by atoms with E-state index in [-0.39, 0.29) is 11.9 Å². The SMILES string of the molecule is CCC(CC)C/C=C/N1CCCCC1.CCOC(=O)C1CC(CC(CC)CC)C1N1CCCCC1. The van der Waals surface area contributed by atoms with E-state index in [1.165, 1.54) is 103 Å². The number of hydrogen-bond donors (Lipinski definition) is 0. The van der Waals surface area contributed by atoms with Crippen molar-refractivity contribution in [3.8, 4) is 0 Å². The fourth-order valence-electron chi connectivity index (χ4n) is 6.37. The van der Waals surface area contributed by atoms with Gasteiger partial charge in [-0.05, 0) is 95.3 Å². The van der Waals surface area contributed by atoms with Crippen molar-refractivity contribution in [3.63, 3.8) is 0 Å². The summed E-state index contributed by atoms with van der Waals surface area (Å²) in [5, 5.41) is 0. The minimum atomic E-state index is 0.0499. The highest BCUT2D eigenvalue weighted by Gasteiger charge is 2.49. The van der Waals surface area contributed by atoms with Crippen molar-refractivity contribution in [2.45, 2.75) is 124 Å². The molecule has 0 radical (unpaired) electrons. The van der Waals surface area contributed by atoms with Crippen molar-refractivity contribution in [2.75, 3.05) is 32.8 Å². The number of hydrogen-bond acceptors (Lipinski definition) is 4. The second-order valence-corrected chi connectivity index (χ2v) is 11.3. The van der Waals surface area contributed by atoms with Crippen molar-refractivity contribution >= 4 is 5.97 Å². The lowest BCUT2D eigenvalue weighted by Crippen LogP contribution is -2.58. The molecule has 0 bridgehead atoms. The summed E-state index contributed by atoms with van der Waals surface area (Å²) in [5.41, 5.74) is 0. The standard InChI is InChI=1S/C18H33NO2.C13H25N/c1-4-14(5-2)12-15-13-16(18(20)21-6-3)17(15)19-10-8-7-9-11-19;1-3-13(4-2)9-8-12-14-10-6-5-7-11-14/h14-17H,4-13H2,1-3H3;8,12-13H,3-7,9-11H2,1-2H3/b;12-8+. The van der Waals surface area contributed by atoms with Gasteiger partial charge in [0.15, 0.2) is 0 Å². The fourth-order valence-corrected chi connectivity index (χ4v) is 6.37. The van der Waals surface area contributed by atoms with Crippen LogP contribution in [0.2, 0.25) is 0 Å². The molecule has 3 atom stereocenters. The topological polar surface area (TPSA) is 32.8 Å². The van der Waals surface area contributed by atoms with Crippen LogP contribution < -0.4 is 0 Å². The molecule has 204 valence electrons. The van der Waals surface area contributed by atoms with E-state index in [9.17, 15) is 4.79 Å². The van der Waals surface area contributed by atoms with Crippen molar-refractivity contribution in [3.05, 3.63) is 12.3 Å². The molecule has 3 unspecified atom stereocenters. The Bertz CT molecular complexity index is 573. The van der Waals surface area contributed by atoms with Gasteiger partial charge in [0.05, 0.1) is 12.5 Å². The summed E-state index contributed by atoms with van der Waals surface area (Å²) in [5.74, 6) is 2.63. The molecule has 2 aliphatic heterocycles. The Balaban J connectivity index is 0.000000269. The van der Waals surface area contributed by atoms with Gasteiger partial charge in [0.2, 0.25) is 0 Å². The highest BCUT2D eigenvalue weighted by Crippen LogP contribution is 2.44. The van der Waals surface area contributed by atoms with Crippen LogP contribution in [0.3, 0.4) is 0 Å². The van der Waals surface area contributed by atoms with Crippen LogP contribution in [0, 0.1) is 23.7 Å². The lowest BCUT2D eigenvalue weighted by atomic mass is 9.65. The van der Waals surface area contributed by atoms with Gasteiger partial charge in [-0.25, -0.2) is 0 Å². The van der Waals surface area contributed by atoms with E-state index < -0.39 is 0 Å². The van der Waals surface area contributed by atoms with Crippen molar-refractivity contribution < 1.29 is 9.53 Å². The molecule has 1 saturated carbocycles. The number of rotatable bonds is 12. The molecule has 4 nitrogen and oxygen atoms in total. The second-order valence-electron chi connectivity index (χ2n) is 11.3. The lowest BCUT2D eigenvalue weighted by molar-refractivity contribution is -0.160. The third-order valence-corrected chi connectivity index (χ3v) is 8.98. The van der Waals surface area contributed by atoms with Crippen molar-refractivity contribution in [1.29, 1.82) is 0 Å². The van der Waals surface area contributed by atoms with Gasteiger partial charge in [-0.3, -0.25) is 9.69 Å². The first-order valence-corrected chi connectivity index (χ1v) is 15.4. The number of likely N-dealkylation sites (tertiary alicyclic amines) is 2. The van der Waals surface area contributed by atoms with Crippen LogP contribution in [-0.4, -0.2) is 54.6 Å². The maximum Gasteiger partial charge on any atom is 0.310 e. The normalized spacial score (nSPS) is 25.5. The van der Waals surface area contributed by atoms with Crippen molar-refractivity contribution in [1.82, 2.24) is 9.80 Å². The van der Waals surface area contributed by atoms with E-state index in [0.717, 1.165) is 18.3 Å². The van der Waals surface area contributed by atoms with Crippen LogP contribution in [0.4, 0.5) is 0 Å². The molecule has 3 rings (SSSR count). The molecule has 0 N–H and O–H groups in total. The summed E-state index contributed by atoms with van der Waals surface area (Å²) in [6, 6.07) is 0.463. The Hall–Kier alpha value is -1.03. The molecule has 0 aromatic carbocycles. The number of piperidine rings is 2. The van der Waals surface area contributed by atoms with E-state index in [4.69, 9.17) is 4.74 Å². The molecule has 3 fully saturated rings. The predicted molar refractivity (Wildman–Crippen MR) is 149 cm³/mol. The van der Waals surface area contributed by atoms with Crippen LogP contribution in [0.15, 0.2) is 12.3 Å². The summed E-state index contributed by atoms with van der Waals surface area (Å²) in [7, 11) is 0. The summed E-state index contributed by atoms with van der Waals surface area (Å²) in [4.78, 5) is 17.3. The molecule has 35 heavy (non-hydrogen) atoms. The van der Waals surface area contributed by atoms with Crippen molar-refractivity contribution in [2.24, 2.45) is 23.7 Å². The number of allylic oxidation sites excluding steroid dienone is 1. The maximum atomic E-state index is 12.2. The summed E-state index contributed by atoms with van der Waals surface area (Å²) < 4.78 is 5.31. The number of carbonyl (C=O) groups is 1. The highest BCUT2D eigenvalue weighted by molar-refractivity contribution is 5.74. The van der Waals surface area contributed by atoms with Gasteiger partial charge >= 0.3 is 5.97 Å². The summed E-state index contributed by atoms with van der Waals surface area (Å²) in [6.07, 6.45) is 21.6. The number of carbonyl (C=O) groups excluding carboxylic acids is 1. The molecule has 0 amide bonds. The van der Waals surface area contributed by atoms with E-state index in [0.29, 0.717) is 18.6 Å². The fraction of sp³-hybridized carbons (Fsp3) is 0.903. The van der Waals surface area contributed by atoms with Crippen LogP contribution in [0.1, 0.15) is 118 Å². The Labute approximate surface area is 218 Å². The van der Waals surface area contributed by atoms with E-state index >= 15 is 0 Å². The Morgan fingerprint density at radius 2 is 1.40 bits per heavy atom. The number of esters is 1. The molecule has 2 saturated heterocycles. The summed E-state index contributed by atoms with van der Waals surface area (Å²) in [6.45, 7) is 16.5. The zero-order valence-corrected chi connectivity index (χ0v) is 24.0. The first kappa shape index (κ1) is 30.2. The molecule has 0 aromatic rings. The van der Waals surface area contributed by atoms with Gasteiger partial charge in [-0.15, -0.1) is 0 Å². The number of ether oxygens (including phenoxy) is 1. The lowest BCUT2D eigenvalue weighted by Gasteiger charge is -2.51. The Kier molecular flexibility index (Phi) is 15.0. The third kappa shape index (κ3) is 10.1. The minimum Gasteiger partial charge on any atom is -0.466 e. The second kappa shape index (κ2) is 17.4. The zero-order chi connectivity index (χ0) is 25.5. The predicted octanol–water partition coefficient (Wildman–Crippen LogP) is 7.68. The number of nitrogens with zero attached hydrogens (tertiary/aromatic N) is 2. The van der Waals surface area contributed by atoms with Crippen LogP contribution in [0.5, 0.6) is 0 Å². The van der Waals surface area contributed by atoms with Gasteiger partial charge in [-0.1, -0.05) is 65.9 Å². The van der Waals surface area contributed by atoms with Gasteiger partial charge in [-0.2, -0.15) is 0 Å². The Morgan fingerprint density at radius 3 is 1.94 bits per heavy atom. The first-order chi connectivity index (χ1) is 17.1. The zero-order valence-electron chi connectivity index (χ0n) is 24.0. The van der Waals surface area contributed by atoms with E-state index in [2.05, 4.69) is 49.8 Å². The molecular formula is C31H58N2O2. The van der Waals surface area contributed by atoms with E-state index in [1.54, 1.807) is 0 Å². The molecular weight excluding hydrogens is 432 g/mol. The van der Waals surface area contributed by atoms with Crippen LogP contribution in [0.25, 0.3) is 0 Å². The first-order valence-electron chi connectivity index (χ1n) is 15.4. The molecule has 2 heterocycles. The average Bonchev–Trinajstić information content (AvgIpc) is 2.88. The van der Waals surface area contributed by atoms with Crippen LogP contribution in [-0.2, 0) is 9.53 Å². The quantitative estimate of drug-likeness (QED) is 0.263. The summed E-state index contributed by atoms with van der Waals surface area (Å²) >= 11 is 0. The maximum absolute atomic E-state index is 12.2. The van der Waals surface area contributed by atoms with Gasteiger partial charge in [0.25, 0.3) is 0 Å². The molecule has 3 aliphatic rings. The third-order valence-electron chi connectivity index (χ3n) is 8.98. The van der Waals surface area contributed by atoms with Gasteiger partial charge in [0, 0.05) is 19.1 Å². The largest absolute Gasteiger partial charge is 0.466 e. The minimum absolute atomic E-state index is 0.0499. The molecule has 0 aromatic heterocycles.